The van der Waals surface area contributed by atoms with Gasteiger partial charge in [-0.1, -0.05) is 24.1 Å². The van der Waals surface area contributed by atoms with Crippen molar-refractivity contribution in [2.24, 2.45) is 5.92 Å². The lowest BCUT2D eigenvalue weighted by molar-refractivity contribution is -0.126. The third-order valence-corrected chi connectivity index (χ3v) is 5.16. The standard InChI is InChI=1S/C20H27N3O/c1-2-12-22-14-9-18(10-15-22)20(24)21-11-16-23-13-5-7-17-6-3-4-8-19(17)23/h1,3-4,6,8,18H,5,7,9-16H2,(H,21,24). The second-order valence-corrected chi connectivity index (χ2v) is 6.76. The van der Waals surface area contributed by atoms with Crippen LogP contribution in [0.3, 0.4) is 0 Å². The predicted octanol–water partition coefficient (Wildman–Crippen LogP) is 1.90. The maximum absolute atomic E-state index is 12.4. The number of aryl methyl sites for hydroxylation is 1. The Morgan fingerprint density at radius 2 is 2.04 bits per heavy atom. The highest BCUT2D eigenvalue weighted by Gasteiger charge is 2.24. The fraction of sp³-hybridized carbons (Fsp3) is 0.550. The lowest BCUT2D eigenvalue weighted by Gasteiger charge is -2.32. The molecule has 0 aromatic heterocycles. The number of carbonyl (C=O) groups excluding carboxylic acids is 1. The number of anilines is 1. The van der Waals surface area contributed by atoms with Gasteiger partial charge in [-0.3, -0.25) is 9.69 Å². The smallest absolute Gasteiger partial charge is 0.223 e. The number of nitrogens with zero attached hydrogens (tertiary/aromatic N) is 2. The molecule has 4 heteroatoms. The van der Waals surface area contributed by atoms with Gasteiger partial charge in [0.25, 0.3) is 0 Å². The summed E-state index contributed by atoms with van der Waals surface area (Å²) in [5.41, 5.74) is 2.76. The number of hydrogen-bond donors (Lipinski definition) is 1. The van der Waals surface area contributed by atoms with Gasteiger partial charge in [-0.05, 0) is 50.4 Å². The van der Waals surface area contributed by atoms with Crippen LogP contribution in [0.2, 0.25) is 0 Å². The second kappa shape index (κ2) is 8.21. The summed E-state index contributed by atoms with van der Waals surface area (Å²) in [7, 11) is 0. The number of hydrogen-bond acceptors (Lipinski definition) is 3. The Kier molecular flexibility index (Phi) is 5.77. The van der Waals surface area contributed by atoms with Gasteiger partial charge in [-0.2, -0.15) is 0 Å². The fourth-order valence-electron chi connectivity index (χ4n) is 3.78. The van der Waals surface area contributed by atoms with Crippen molar-refractivity contribution in [2.45, 2.75) is 25.7 Å². The number of fused-ring (bicyclic) bond motifs is 1. The van der Waals surface area contributed by atoms with Gasteiger partial charge in [-0.25, -0.2) is 0 Å². The van der Waals surface area contributed by atoms with Crippen LogP contribution in [0.1, 0.15) is 24.8 Å². The number of rotatable bonds is 5. The third kappa shape index (κ3) is 4.10. The van der Waals surface area contributed by atoms with E-state index in [0.29, 0.717) is 6.54 Å². The van der Waals surface area contributed by atoms with E-state index < -0.39 is 0 Å². The quantitative estimate of drug-likeness (QED) is 0.840. The zero-order valence-corrected chi connectivity index (χ0v) is 14.3. The van der Waals surface area contributed by atoms with Gasteiger partial charge in [0, 0.05) is 31.2 Å². The molecule has 0 bridgehead atoms. The van der Waals surface area contributed by atoms with Crippen molar-refractivity contribution in [2.75, 3.05) is 44.2 Å². The monoisotopic (exact) mass is 325 g/mol. The molecule has 1 saturated heterocycles. The van der Waals surface area contributed by atoms with Crippen LogP contribution >= 0.6 is 0 Å². The molecule has 24 heavy (non-hydrogen) atoms. The summed E-state index contributed by atoms with van der Waals surface area (Å²) < 4.78 is 0. The van der Waals surface area contributed by atoms with Crippen molar-refractivity contribution in [3.05, 3.63) is 29.8 Å². The Labute approximate surface area is 145 Å². The second-order valence-electron chi connectivity index (χ2n) is 6.76. The number of benzene rings is 1. The molecule has 2 heterocycles. The highest BCUT2D eigenvalue weighted by Crippen LogP contribution is 2.26. The van der Waals surface area contributed by atoms with E-state index in [4.69, 9.17) is 6.42 Å². The molecule has 2 aliphatic rings. The van der Waals surface area contributed by atoms with Crippen LogP contribution in [-0.2, 0) is 11.2 Å². The number of piperidine rings is 1. The Hall–Kier alpha value is -1.99. The van der Waals surface area contributed by atoms with Gasteiger partial charge in [0.2, 0.25) is 5.91 Å². The Morgan fingerprint density at radius 3 is 2.83 bits per heavy atom. The summed E-state index contributed by atoms with van der Waals surface area (Å²) in [6.45, 7) is 5.25. The molecular formula is C20H27N3O. The minimum Gasteiger partial charge on any atom is -0.370 e. The molecule has 3 rings (SSSR count). The average Bonchev–Trinajstić information content (AvgIpc) is 2.63. The number of carbonyl (C=O) groups is 1. The maximum atomic E-state index is 12.4. The van der Waals surface area contributed by atoms with Crippen LogP contribution in [0, 0.1) is 18.3 Å². The number of nitrogens with one attached hydrogen (secondary N) is 1. The predicted molar refractivity (Wildman–Crippen MR) is 98.0 cm³/mol. The molecule has 4 nitrogen and oxygen atoms in total. The van der Waals surface area contributed by atoms with Crippen LogP contribution in [-0.4, -0.2) is 50.1 Å². The van der Waals surface area contributed by atoms with Crippen molar-refractivity contribution < 1.29 is 4.79 Å². The SMILES string of the molecule is C#CCN1CCC(C(=O)NCCN2CCCc3ccccc32)CC1. The molecule has 0 spiro atoms. The molecule has 128 valence electrons. The van der Waals surface area contributed by atoms with E-state index in [-0.39, 0.29) is 11.8 Å². The first-order valence-electron chi connectivity index (χ1n) is 9.04. The molecule has 0 aliphatic carbocycles. The van der Waals surface area contributed by atoms with Gasteiger partial charge < -0.3 is 10.2 Å². The van der Waals surface area contributed by atoms with Crippen molar-refractivity contribution >= 4 is 11.6 Å². The normalized spacial score (nSPS) is 18.7. The lowest BCUT2D eigenvalue weighted by atomic mass is 9.96. The fourth-order valence-corrected chi connectivity index (χ4v) is 3.78. The molecule has 1 aromatic rings. The zero-order valence-electron chi connectivity index (χ0n) is 14.3. The van der Waals surface area contributed by atoms with E-state index in [1.165, 1.54) is 17.7 Å². The highest BCUT2D eigenvalue weighted by atomic mass is 16.1. The molecular weight excluding hydrogens is 298 g/mol. The van der Waals surface area contributed by atoms with Crippen molar-refractivity contribution in [1.82, 2.24) is 10.2 Å². The van der Waals surface area contributed by atoms with Crippen LogP contribution < -0.4 is 10.2 Å². The van der Waals surface area contributed by atoms with Crippen LogP contribution in [0.25, 0.3) is 0 Å². The molecule has 0 unspecified atom stereocenters. The van der Waals surface area contributed by atoms with E-state index in [0.717, 1.165) is 52.0 Å². The number of terminal acetylenes is 1. The van der Waals surface area contributed by atoms with E-state index in [2.05, 4.69) is 45.3 Å². The van der Waals surface area contributed by atoms with Crippen molar-refractivity contribution in [1.29, 1.82) is 0 Å². The minimum atomic E-state index is 0.146. The van der Waals surface area contributed by atoms with Gasteiger partial charge in [0.05, 0.1) is 6.54 Å². The molecule has 1 N–H and O–H groups in total. The largest absolute Gasteiger partial charge is 0.370 e. The molecule has 2 aliphatic heterocycles. The summed E-state index contributed by atoms with van der Waals surface area (Å²) in [6, 6.07) is 8.61. The molecule has 1 aromatic carbocycles. The van der Waals surface area contributed by atoms with Crippen molar-refractivity contribution in [3.8, 4) is 12.3 Å². The first kappa shape index (κ1) is 16.9. The Bertz CT molecular complexity index is 599. The van der Waals surface area contributed by atoms with Gasteiger partial charge in [0.1, 0.15) is 0 Å². The molecule has 1 amide bonds. The summed E-state index contributed by atoms with van der Waals surface area (Å²) in [6.07, 6.45) is 9.54. The summed E-state index contributed by atoms with van der Waals surface area (Å²) in [5.74, 6) is 3.04. The summed E-state index contributed by atoms with van der Waals surface area (Å²) >= 11 is 0. The minimum absolute atomic E-state index is 0.146. The molecule has 0 saturated carbocycles. The van der Waals surface area contributed by atoms with Crippen LogP contribution in [0.4, 0.5) is 5.69 Å². The zero-order chi connectivity index (χ0) is 16.8. The molecule has 0 radical (unpaired) electrons. The first-order valence-corrected chi connectivity index (χ1v) is 9.04. The first-order chi connectivity index (χ1) is 11.8. The highest BCUT2D eigenvalue weighted by molar-refractivity contribution is 5.78. The van der Waals surface area contributed by atoms with Crippen LogP contribution in [0.5, 0.6) is 0 Å². The van der Waals surface area contributed by atoms with Gasteiger partial charge in [0.15, 0.2) is 0 Å². The summed E-state index contributed by atoms with van der Waals surface area (Å²) in [5, 5.41) is 3.14. The number of likely N-dealkylation sites (tertiary alicyclic amines) is 1. The topological polar surface area (TPSA) is 35.6 Å². The summed E-state index contributed by atoms with van der Waals surface area (Å²) in [4.78, 5) is 17.0. The average molecular weight is 325 g/mol. The Balaban J connectivity index is 1.43. The van der Waals surface area contributed by atoms with E-state index >= 15 is 0 Å². The number of para-hydroxylation sites is 1. The van der Waals surface area contributed by atoms with Crippen LogP contribution in [0.15, 0.2) is 24.3 Å². The van der Waals surface area contributed by atoms with Crippen molar-refractivity contribution in [3.63, 3.8) is 0 Å². The maximum Gasteiger partial charge on any atom is 0.223 e. The van der Waals surface area contributed by atoms with Gasteiger partial charge in [-0.15, -0.1) is 6.42 Å². The third-order valence-electron chi connectivity index (χ3n) is 5.16. The van der Waals surface area contributed by atoms with Gasteiger partial charge >= 0.3 is 0 Å². The molecule has 1 fully saturated rings. The van der Waals surface area contributed by atoms with E-state index in [1.807, 2.05) is 0 Å². The number of amides is 1. The lowest BCUT2D eigenvalue weighted by Crippen LogP contribution is -2.43. The van der Waals surface area contributed by atoms with E-state index in [1.54, 1.807) is 0 Å². The molecule has 0 atom stereocenters. The Morgan fingerprint density at radius 1 is 1.25 bits per heavy atom. The van der Waals surface area contributed by atoms with E-state index in [9.17, 15) is 4.79 Å².